The van der Waals surface area contributed by atoms with Crippen molar-refractivity contribution in [3.05, 3.63) is 48.0 Å². The summed E-state index contributed by atoms with van der Waals surface area (Å²) in [5.74, 6) is 0. The monoisotopic (exact) mass is 386 g/mol. The molecule has 0 spiro atoms. The Morgan fingerprint density at radius 2 is 1.74 bits per heavy atom. The molecule has 0 aliphatic carbocycles. The number of rotatable bonds is 12. The molecule has 2 aromatic carbocycles. The van der Waals surface area contributed by atoms with Gasteiger partial charge in [-0.1, -0.05) is 57.2 Å². The Labute approximate surface area is 165 Å². The molecule has 1 heterocycles. The minimum absolute atomic E-state index is 0.278. The number of hydrogen-bond acceptors (Lipinski definition) is 3. The summed E-state index contributed by atoms with van der Waals surface area (Å²) in [6, 6.07) is 18.6. The first-order valence-electron chi connectivity index (χ1n) is 10.5. The van der Waals surface area contributed by atoms with Gasteiger partial charge in [0.25, 0.3) is 0 Å². The van der Waals surface area contributed by atoms with Crippen LogP contribution >= 0.6 is 0 Å². The molecule has 1 aliphatic rings. The van der Waals surface area contributed by atoms with E-state index in [1.807, 2.05) is 0 Å². The molecule has 1 saturated heterocycles. The first-order chi connectivity index (χ1) is 13.2. The van der Waals surface area contributed by atoms with Crippen LogP contribution in [-0.4, -0.2) is 33.7 Å². The minimum Gasteiger partial charge on any atom is -0.414 e. The fraction of sp³-hybridized carbons (Fsp3) is 0.565. The third kappa shape index (κ3) is 5.88. The van der Waals surface area contributed by atoms with Crippen molar-refractivity contribution >= 4 is 19.1 Å². The van der Waals surface area contributed by atoms with Crippen LogP contribution in [0.4, 0.5) is 0 Å². The lowest BCUT2D eigenvalue weighted by Gasteiger charge is -2.33. The number of epoxide rings is 1. The molecule has 0 radical (unpaired) electrons. The van der Waals surface area contributed by atoms with Crippen molar-refractivity contribution in [3.8, 4) is 0 Å². The molecule has 0 N–H and O–H groups in total. The second kappa shape index (κ2) is 9.83. The van der Waals surface area contributed by atoms with Gasteiger partial charge in [0.15, 0.2) is 8.32 Å². The molecule has 3 nitrogen and oxygen atoms in total. The normalized spacial score (nSPS) is 18.0. The van der Waals surface area contributed by atoms with Crippen LogP contribution in [0.25, 0.3) is 10.8 Å². The molecule has 0 amide bonds. The van der Waals surface area contributed by atoms with E-state index in [2.05, 4.69) is 63.2 Å². The van der Waals surface area contributed by atoms with Crippen LogP contribution in [0.3, 0.4) is 0 Å². The smallest absolute Gasteiger partial charge is 0.192 e. The molecule has 1 fully saturated rings. The van der Waals surface area contributed by atoms with E-state index in [0.29, 0.717) is 12.7 Å². The summed E-state index contributed by atoms with van der Waals surface area (Å²) < 4.78 is 18.2. The average molecular weight is 387 g/mol. The Morgan fingerprint density at radius 3 is 2.41 bits per heavy atom. The molecule has 1 aliphatic heterocycles. The fourth-order valence-electron chi connectivity index (χ4n) is 3.81. The van der Waals surface area contributed by atoms with E-state index in [9.17, 15) is 0 Å². The number of hydrogen-bond donors (Lipinski definition) is 0. The highest BCUT2D eigenvalue weighted by Gasteiger charge is 2.35. The highest BCUT2D eigenvalue weighted by Crippen LogP contribution is 2.28. The average Bonchev–Trinajstić information content (AvgIpc) is 3.53. The molecule has 0 saturated carbocycles. The van der Waals surface area contributed by atoms with Gasteiger partial charge in [-0.05, 0) is 47.0 Å². The number of ether oxygens (including phenoxy) is 2. The summed E-state index contributed by atoms with van der Waals surface area (Å²) in [6.45, 7) is 9.18. The van der Waals surface area contributed by atoms with E-state index in [4.69, 9.17) is 13.9 Å². The second-order valence-corrected chi connectivity index (χ2v) is 12.4. The van der Waals surface area contributed by atoms with Gasteiger partial charge in [-0.3, -0.25) is 0 Å². The van der Waals surface area contributed by atoms with Crippen molar-refractivity contribution in [1.29, 1.82) is 0 Å². The van der Waals surface area contributed by atoms with E-state index < -0.39 is 8.32 Å². The zero-order valence-electron chi connectivity index (χ0n) is 17.1. The molecule has 4 heteroatoms. The van der Waals surface area contributed by atoms with Gasteiger partial charge < -0.3 is 13.9 Å². The Hall–Kier alpha value is -1.20. The van der Waals surface area contributed by atoms with E-state index >= 15 is 0 Å². The highest BCUT2D eigenvalue weighted by atomic mass is 28.4. The summed E-state index contributed by atoms with van der Waals surface area (Å²) in [4.78, 5) is 0. The van der Waals surface area contributed by atoms with Gasteiger partial charge in [-0.15, -0.1) is 0 Å². The fourth-order valence-corrected chi connectivity index (χ4v) is 6.73. The van der Waals surface area contributed by atoms with E-state index in [-0.39, 0.29) is 6.10 Å². The Balaban J connectivity index is 1.50. The Morgan fingerprint density at radius 1 is 1.04 bits per heavy atom. The molecule has 2 atom stereocenters. The topological polar surface area (TPSA) is 31.0 Å². The van der Waals surface area contributed by atoms with Crippen molar-refractivity contribution in [1.82, 2.24) is 0 Å². The predicted molar refractivity (Wildman–Crippen MR) is 115 cm³/mol. The maximum absolute atomic E-state index is 6.73. The zero-order valence-corrected chi connectivity index (χ0v) is 18.1. The summed E-state index contributed by atoms with van der Waals surface area (Å²) in [5.41, 5.74) is 1.23. The second-order valence-electron chi connectivity index (χ2n) is 7.70. The first-order valence-corrected chi connectivity index (χ1v) is 13.1. The first kappa shape index (κ1) is 20.5. The van der Waals surface area contributed by atoms with Crippen molar-refractivity contribution in [3.63, 3.8) is 0 Å². The summed E-state index contributed by atoms with van der Waals surface area (Å²) >= 11 is 0. The zero-order chi connectivity index (χ0) is 19.1. The molecule has 0 bridgehead atoms. The van der Waals surface area contributed by atoms with Crippen molar-refractivity contribution in [2.24, 2.45) is 0 Å². The predicted octanol–water partition coefficient (Wildman–Crippen LogP) is 5.93. The molecule has 0 unspecified atom stereocenters. The van der Waals surface area contributed by atoms with Crippen LogP contribution in [0.2, 0.25) is 18.1 Å². The number of benzene rings is 2. The quantitative estimate of drug-likeness (QED) is 0.257. The lowest BCUT2D eigenvalue weighted by molar-refractivity contribution is 0.0723. The Kier molecular flexibility index (Phi) is 7.47. The van der Waals surface area contributed by atoms with Crippen LogP contribution in [0.5, 0.6) is 0 Å². The molecular formula is C23H34O3Si. The van der Waals surface area contributed by atoms with Crippen molar-refractivity contribution in [2.45, 2.75) is 70.6 Å². The van der Waals surface area contributed by atoms with Gasteiger partial charge in [0.1, 0.15) is 0 Å². The SMILES string of the molecule is CC[Si](CC)(CC)O[C@@H](CCOCc1ccc2ccccc2c1)C[C@H]1CO1. The van der Waals surface area contributed by atoms with Gasteiger partial charge in [0.2, 0.25) is 0 Å². The molecule has 148 valence electrons. The number of fused-ring (bicyclic) bond motifs is 1. The lowest BCUT2D eigenvalue weighted by Crippen LogP contribution is -2.40. The maximum Gasteiger partial charge on any atom is 0.192 e. The van der Waals surface area contributed by atoms with Gasteiger partial charge in [0.05, 0.1) is 19.3 Å². The van der Waals surface area contributed by atoms with Crippen molar-refractivity contribution in [2.75, 3.05) is 13.2 Å². The third-order valence-corrected chi connectivity index (χ3v) is 10.6. The summed E-state index contributed by atoms with van der Waals surface area (Å²) in [6.07, 6.45) is 2.67. The molecule has 27 heavy (non-hydrogen) atoms. The van der Waals surface area contributed by atoms with E-state index in [1.165, 1.54) is 34.5 Å². The molecule has 3 rings (SSSR count). The van der Waals surface area contributed by atoms with E-state index in [0.717, 1.165) is 26.1 Å². The van der Waals surface area contributed by atoms with Crippen LogP contribution in [-0.2, 0) is 20.5 Å². The van der Waals surface area contributed by atoms with Gasteiger partial charge in [-0.2, -0.15) is 0 Å². The molecule has 0 aromatic heterocycles. The molecule has 2 aromatic rings. The van der Waals surface area contributed by atoms with Crippen LogP contribution in [0, 0.1) is 0 Å². The largest absolute Gasteiger partial charge is 0.414 e. The van der Waals surface area contributed by atoms with E-state index in [1.54, 1.807) is 0 Å². The standard InChI is InChI=1S/C23H34O3Si/c1-4-27(5-2,6-3)26-22(16-23-18-25-23)13-14-24-17-19-11-12-20-9-7-8-10-21(20)15-19/h7-12,15,22-23H,4-6,13-14,16-18H2,1-3H3/t22-,23-/m0/s1. The lowest BCUT2D eigenvalue weighted by atomic mass is 10.1. The van der Waals surface area contributed by atoms with Crippen LogP contribution < -0.4 is 0 Å². The Bertz CT molecular complexity index is 701. The molecular weight excluding hydrogens is 352 g/mol. The highest BCUT2D eigenvalue weighted by molar-refractivity contribution is 6.73. The van der Waals surface area contributed by atoms with Gasteiger partial charge >= 0.3 is 0 Å². The minimum atomic E-state index is -1.59. The maximum atomic E-state index is 6.73. The van der Waals surface area contributed by atoms with Crippen LogP contribution in [0.1, 0.15) is 39.2 Å². The summed E-state index contributed by atoms with van der Waals surface area (Å²) in [7, 11) is -1.59. The van der Waals surface area contributed by atoms with Gasteiger partial charge in [-0.25, -0.2) is 0 Å². The third-order valence-electron chi connectivity index (χ3n) is 5.94. The van der Waals surface area contributed by atoms with Crippen molar-refractivity contribution < 1.29 is 13.9 Å². The van der Waals surface area contributed by atoms with Crippen LogP contribution in [0.15, 0.2) is 42.5 Å². The van der Waals surface area contributed by atoms with Gasteiger partial charge in [0, 0.05) is 19.1 Å². The summed E-state index contributed by atoms with van der Waals surface area (Å²) in [5, 5.41) is 2.55.